The number of primary amides is 1. The van der Waals surface area contributed by atoms with Gasteiger partial charge in [0.15, 0.2) is 5.78 Å². The van der Waals surface area contributed by atoms with Gasteiger partial charge < -0.3 is 5.73 Å². The standard InChI is InChI=1S/C16H11NO2/c17-16(19)14-13(10-6-2-1-3-7-10)11-8-4-5-9-12(11)15(14)18/h1-9H,(H2,17,19). The molecule has 0 bridgehead atoms. The van der Waals surface area contributed by atoms with Gasteiger partial charge in [-0.2, -0.15) is 0 Å². The largest absolute Gasteiger partial charge is 0.365 e. The van der Waals surface area contributed by atoms with E-state index in [0.29, 0.717) is 11.1 Å². The molecule has 0 saturated heterocycles. The summed E-state index contributed by atoms with van der Waals surface area (Å²) < 4.78 is 0. The molecule has 19 heavy (non-hydrogen) atoms. The third-order valence-electron chi connectivity index (χ3n) is 3.23. The highest BCUT2D eigenvalue weighted by Crippen LogP contribution is 2.36. The minimum Gasteiger partial charge on any atom is -0.365 e. The van der Waals surface area contributed by atoms with Crippen LogP contribution in [0.1, 0.15) is 21.5 Å². The highest BCUT2D eigenvalue weighted by Gasteiger charge is 2.32. The molecule has 0 saturated carbocycles. The Labute approximate surface area is 110 Å². The number of hydrogen-bond acceptors (Lipinski definition) is 2. The van der Waals surface area contributed by atoms with Gasteiger partial charge in [0.2, 0.25) is 0 Å². The number of benzene rings is 2. The summed E-state index contributed by atoms with van der Waals surface area (Å²) in [5, 5.41) is 0. The first kappa shape index (κ1) is 11.4. The van der Waals surface area contributed by atoms with Crippen molar-refractivity contribution in [2.45, 2.75) is 0 Å². The molecule has 2 N–H and O–H groups in total. The summed E-state index contributed by atoms with van der Waals surface area (Å²) in [6, 6.07) is 16.5. The summed E-state index contributed by atoms with van der Waals surface area (Å²) in [4.78, 5) is 23.9. The zero-order valence-electron chi connectivity index (χ0n) is 10.1. The predicted molar refractivity (Wildman–Crippen MR) is 72.4 cm³/mol. The first-order chi connectivity index (χ1) is 9.20. The zero-order valence-corrected chi connectivity index (χ0v) is 10.1. The van der Waals surface area contributed by atoms with E-state index in [1.54, 1.807) is 12.1 Å². The molecule has 2 aromatic carbocycles. The summed E-state index contributed by atoms with van der Waals surface area (Å²) in [5.41, 5.74) is 8.22. The Bertz CT molecular complexity index is 715. The molecule has 2 aromatic rings. The van der Waals surface area contributed by atoms with E-state index in [2.05, 4.69) is 0 Å². The summed E-state index contributed by atoms with van der Waals surface area (Å²) in [5.74, 6) is -0.970. The van der Waals surface area contributed by atoms with Crippen molar-refractivity contribution in [3.63, 3.8) is 0 Å². The van der Waals surface area contributed by atoms with Gasteiger partial charge in [0.05, 0.1) is 5.57 Å². The van der Waals surface area contributed by atoms with Crippen LogP contribution in [-0.2, 0) is 4.79 Å². The molecule has 0 aliphatic heterocycles. The van der Waals surface area contributed by atoms with Crippen molar-refractivity contribution in [1.82, 2.24) is 0 Å². The number of fused-ring (bicyclic) bond motifs is 1. The average molecular weight is 249 g/mol. The van der Waals surface area contributed by atoms with Crippen LogP contribution in [-0.4, -0.2) is 11.7 Å². The molecule has 0 unspecified atom stereocenters. The van der Waals surface area contributed by atoms with E-state index in [0.717, 1.165) is 11.1 Å². The molecule has 0 aromatic heterocycles. The lowest BCUT2D eigenvalue weighted by molar-refractivity contribution is -0.114. The zero-order chi connectivity index (χ0) is 13.4. The van der Waals surface area contributed by atoms with Gasteiger partial charge in [-0.15, -0.1) is 0 Å². The Kier molecular flexibility index (Phi) is 2.53. The van der Waals surface area contributed by atoms with E-state index in [9.17, 15) is 9.59 Å². The number of ketones is 1. The van der Waals surface area contributed by atoms with E-state index < -0.39 is 5.91 Å². The van der Waals surface area contributed by atoms with Crippen LogP contribution in [0.25, 0.3) is 5.57 Å². The van der Waals surface area contributed by atoms with E-state index in [4.69, 9.17) is 5.73 Å². The van der Waals surface area contributed by atoms with Crippen LogP contribution in [0.5, 0.6) is 0 Å². The Hall–Kier alpha value is -2.68. The van der Waals surface area contributed by atoms with E-state index in [-0.39, 0.29) is 11.4 Å². The second kappa shape index (κ2) is 4.21. The minimum absolute atomic E-state index is 0.0763. The van der Waals surface area contributed by atoms with E-state index in [1.165, 1.54) is 0 Å². The fourth-order valence-electron chi connectivity index (χ4n) is 2.42. The number of carbonyl (C=O) groups is 2. The van der Waals surface area contributed by atoms with Gasteiger partial charge in [-0.05, 0) is 11.1 Å². The van der Waals surface area contributed by atoms with Crippen molar-refractivity contribution < 1.29 is 9.59 Å². The van der Waals surface area contributed by atoms with Crippen molar-refractivity contribution in [1.29, 1.82) is 0 Å². The second-order valence-corrected chi connectivity index (χ2v) is 4.35. The summed E-state index contributed by atoms with van der Waals surface area (Å²) >= 11 is 0. The molecular formula is C16H11NO2. The van der Waals surface area contributed by atoms with E-state index >= 15 is 0 Å². The van der Waals surface area contributed by atoms with Gasteiger partial charge in [0.25, 0.3) is 5.91 Å². The number of amides is 1. The second-order valence-electron chi connectivity index (χ2n) is 4.35. The van der Waals surface area contributed by atoms with Crippen LogP contribution in [0.3, 0.4) is 0 Å². The third kappa shape index (κ3) is 1.67. The highest BCUT2D eigenvalue weighted by molar-refractivity contribution is 6.35. The lowest BCUT2D eigenvalue weighted by Crippen LogP contribution is -2.19. The molecular weight excluding hydrogens is 238 g/mol. The number of carbonyl (C=O) groups excluding carboxylic acids is 2. The smallest absolute Gasteiger partial charge is 0.253 e. The lowest BCUT2D eigenvalue weighted by atomic mass is 9.97. The highest BCUT2D eigenvalue weighted by atomic mass is 16.2. The van der Waals surface area contributed by atoms with Gasteiger partial charge in [0.1, 0.15) is 0 Å². The molecule has 1 aliphatic rings. The number of Topliss-reactive ketones (excluding diaryl/α,β-unsaturated/α-hetero) is 1. The van der Waals surface area contributed by atoms with Gasteiger partial charge >= 0.3 is 0 Å². The molecule has 0 heterocycles. The normalized spacial score (nSPS) is 13.6. The molecule has 3 rings (SSSR count). The van der Waals surface area contributed by atoms with Crippen molar-refractivity contribution in [3.8, 4) is 0 Å². The monoisotopic (exact) mass is 249 g/mol. The lowest BCUT2D eigenvalue weighted by Gasteiger charge is -2.05. The Morgan fingerprint density at radius 1 is 0.842 bits per heavy atom. The molecule has 1 aliphatic carbocycles. The summed E-state index contributed by atoms with van der Waals surface area (Å²) in [7, 11) is 0. The fourth-order valence-corrected chi connectivity index (χ4v) is 2.42. The maximum atomic E-state index is 12.3. The van der Waals surface area contributed by atoms with Gasteiger partial charge in [-0.1, -0.05) is 54.6 Å². The molecule has 1 amide bonds. The van der Waals surface area contributed by atoms with Crippen LogP contribution in [0, 0.1) is 0 Å². The molecule has 0 atom stereocenters. The SMILES string of the molecule is NC(=O)C1=C(c2ccccc2)c2ccccc2C1=O. The topological polar surface area (TPSA) is 60.2 Å². The summed E-state index contributed by atoms with van der Waals surface area (Å²) in [6.45, 7) is 0. The average Bonchev–Trinajstić information content (AvgIpc) is 2.74. The molecule has 3 heteroatoms. The first-order valence-corrected chi connectivity index (χ1v) is 5.93. The molecule has 3 nitrogen and oxygen atoms in total. The Morgan fingerprint density at radius 3 is 2.05 bits per heavy atom. The van der Waals surface area contributed by atoms with Crippen LogP contribution >= 0.6 is 0 Å². The van der Waals surface area contributed by atoms with E-state index in [1.807, 2.05) is 42.5 Å². The molecule has 0 spiro atoms. The first-order valence-electron chi connectivity index (χ1n) is 5.93. The third-order valence-corrected chi connectivity index (χ3v) is 3.23. The predicted octanol–water partition coefficient (Wildman–Crippen LogP) is 2.17. The van der Waals surface area contributed by atoms with Gasteiger partial charge in [-0.25, -0.2) is 0 Å². The van der Waals surface area contributed by atoms with Crippen molar-refractivity contribution in [2.24, 2.45) is 5.73 Å². The van der Waals surface area contributed by atoms with Gasteiger partial charge in [0, 0.05) is 11.1 Å². The molecule has 0 radical (unpaired) electrons. The van der Waals surface area contributed by atoms with Crippen LogP contribution < -0.4 is 5.73 Å². The van der Waals surface area contributed by atoms with Crippen molar-refractivity contribution >= 4 is 17.3 Å². The van der Waals surface area contributed by atoms with Crippen molar-refractivity contribution in [2.75, 3.05) is 0 Å². The molecule has 0 fully saturated rings. The Balaban J connectivity index is 2.33. The number of hydrogen-bond donors (Lipinski definition) is 1. The fraction of sp³-hybridized carbons (Fsp3) is 0. The summed E-state index contributed by atoms with van der Waals surface area (Å²) in [6.07, 6.45) is 0. The molecule has 92 valence electrons. The number of rotatable bonds is 2. The van der Waals surface area contributed by atoms with Gasteiger partial charge in [-0.3, -0.25) is 9.59 Å². The quantitative estimate of drug-likeness (QED) is 0.829. The van der Waals surface area contributed by atoms with Crippen molar-refractivity contribution in [3.05, 3.63) is 76.9 Å². The van der Waals surface area contributed by atoms with Crippen LogP contribution in [0.4, 0.5) is 0 Å². The van der Waals surface area contributed by atoms with Crippen LogP contribution in [0.15, 0.2) is 60.2 Å². The minimum atomic E-state index is -0.681. The number of nitrogens with two attached hydrogens (primary N) is 1. The maximum absolute atomic E-state index is 12.3. The van der Waals surface area contributed by atoms with Crippen LogP contribution in [0.2, 0.25) is 0 Å². The maximum Gasteiger partial charge on any atom is 0.253 e. The Morgan fingerprint density at radius 2 is 1.42 bits per heavy atom.